The second-order valence-corrected chi connectivity index (χ2v) is 14.3. The van der Waals surface area contributed by atoms with E-state index >= 15 is 0 Å². The molecule has 0 unspecified atom stereocenters. The molecule has 0 aromatic heterocycles. The summed E-state index contributed by atoms with van der Waals surface area (Å²) in [6.45, 7) is 6.90. The Morgan fingerprint density at radius 2 is 1.48 bits per heavy atom. The third kappa shape index (κ3) is 8.14. The highest BCUT2D eigenvalue weighted by Gasteiger charge is 2.35. The molecule has 0 bridgehead atoms. The zero-order valence-electron chi connectivity index (χ0n) is 25.8. The summed E-state index contributed by atoms with van der Waals surface area (Å²) >= 11 is 13.1. The largest absolute Gasteiger partial charge is 0.352 e. The molecule has 7 nitrogen and oxygen atoms in total. The first kappa shape index (κ1) is 33.8. The van der Waals surface area contributed by atoms with E-state index in [9.17, 15) is 18.0 Å². The van der Waals surface area contributed by atoms with Crippen LogP contribution in [0.1, 0.15) is 67.7 Å². The van der Waals surface area contributed by atoms with Gasteiger partial charge in [-0.1, -0.05) is 79.2 Å². The van der Waals surface area contributed by atoms with Crippen LogP contribution in [0.5, 0.6) is 0 Å². The van der Waals surface area contributed by atoms with Crippen LogP contribution in [0.2, 0.25) is 10.0 Å². The van der Waals surface area contributed by atoms with Crippen molar-refractivity contribution in [1.29, 1.82) is 0 Å². The highest BCUT2D eigenvalue weighted by atomic mass is 35.5. The van der Waals surface area contributed by atoms with Crippen LogP contribution < -0.4 is 9.62 Å². The van der Waals surface area contributed by atoms with E-state index in [0.29, 0.717) is 27.7 Å². The summed E-state index contributed by atoms with van der Waals surface area (Å²) in [5.74, 6) is -0.809. The Bertz CT molecular complexity index is 1550. The van der Waals surface area contributed by atoms with Gasteiger partial charge in [0.1, 0.15) is 12.6 Å². The normalized spacial score (nSPS) is 14.6. The van der Waals surface area contributed by atoms with Crippen LogP contribution >= 0.6 is 23.2 Å². The van der Waals surface area contributed by atoms with Crippen molar-refractivity contribution < 1.29 is 18.0 Å². The number of carbonyl (C=O) groups excluding carboxylic acids is 2. The smallest absolute Gasteiger partial charge is 0.264 e. The lowest BCUT2D eigenvalue weighted by Crippen LogP contribution is -2.54. The Morgan fingerprint density at radius 1 is 0.886 bits per heavy atom. The van der Waals surface area contributed by atoms with Crippen molar-refractivity contribution in [3.05, 3.63) is 93.0 Å². The summed E-state index contributed by atoms with van der Waals surface area (Å²) in [5, 5.41) is 3.87. The van der Waals surface area contributed by atoms with Gasteiger partial charge in [-0.05, 0) is 87.6 Å². The summed E-state index contributed by atoms with van der Waals surface area (Å²) in [6, 6.07) is 16.2. The van der Waals surface area contributed by atoms with Crippen LogP contribution in [-0.4, -0.2) is 43.8 Å². The molecule has 0 heterocycles. The van der Waals surface area contributed by atoms with E-state index in [1.165, 1.54) is 4.90 Å². The molecule has 1 N–H and O–H groups in total. The average Bonchev–Trinajstić information content (AvgIpc) is 2.97. The van der Waals surface area contributed by atoms with E-state index in [4.69, 9.17) is 23.2 Å². The number of halogens is 2. The topological polar surface area (TPSA) is 86.8 Å². The number of benzene rings is 3. The van der Waals surface area contributed by atoms with Crippen LogP contribution in [0, 0.1) is 20.8 Å². The van der Waals surface area contributed by atoms with Crippen molar-refractivity contribution in [3.63, 3.8) is 0 Å². The highest BCUT2D eigenvalue weighted by molar-refractivity contribution is 7.92. The van der Waals surface area contributed by atoms with Gasteiger partial charge in [-0.3, -0.25) is 13.9 Å². The summed E-state index contributed by atoms with van der Waals surface area (Å²) < 4.78 is 29.5. The van der Waals surface area contributed by atoms with Crippen LogP contribution in [0.15, 0.2) is 65.6 Å². The van der Waals surface area contributed by atoms with Crippen LogP contribution in [0.4, 0.5) is 5.69 Å². The molecule has 236 valence electrons. The van der Waals surface area contributed by atoms with Crippen molar-refractivity contribution in [2.24, 2.45) is 0 Å². The Hall–Kier alpha value is -3.07. The van der Waals surface area contributed by atoms with Gasteiger partial charge in [0.2, 0.25) is 11.8 Å². The first-order valence-electron chi connectivity index (χ1n) is 15.1. The van der Waals surface area contributed by atoms with Crippen LogP contribution in [0.3, 0.4) is 0 Å². The minimum absolute atomic E-state index is 0.0415. The Kier molecular flexibility index (Phi) is 11.4. The maximum atomic E-state index is 14.4. The molecule has 10 heteroatoms. The van der Waals surface area contributed by atoms with Crippen molar-refractivity contribution >= 4 is 50.7 Å². The van der Waals surface area contributed by atoms with E-state index in [-0.39, 0.29) is 23.4 Å². The molecule has 1 saturated carbocycles. The molecule has 0 radical (unpaired) electrons. The number of nitrogens with one attached hydrogen (secondary N) is 1. The number of aryl methyl sites for hydroxylation is 3. The minimum Gasteiger partial charge on any atom is -0.352 e. The third-order valence-electron chi connectivity index (χ3n) is 8.11. The van der Waals surface area contributed by atoms with Gasteiger partial charge in [-0.15, -0.1) is 0 Å². The van der Waals surface area contributed by atoms with E-state index in [0.717, 1.165) is 53.1 Å². The zero-order valence-corrected chi connectivity index (χ0v) is 28.1. The first-order chi connectivity index (χ1) is 20.9. The van der Waals surface area contributed by atoms with Gasteiger partial charge >= 0.3 is 0 Å². The van der Waals surface area contributed by atoms with E-state index in [1.54, 1.807) is 54.6 Å². The molecular formula is C34H41Cl2N3O4S. The molecule has 1 fully saturated rings. The number of anilines is 1. The highest BCUT2D eigenvalue weighted by Crippen LogP contribution is 2.30. The van der Waals surface area contributed by atoms with Gasteiger partial charge in [0.05, 0.1) is 10.6 Å². The van der Waals surface area contributed by atoms with Gasteiger partial charge in [0, 0.05) is 28.2 Å². The molecule has 4 rings (SSSR count). The lowest BCUT2D eigenvalue weighted by Gasteiger charge is -2.35. The summed E-state index contributed by atoms with van der Waals surface area (Å²) in [7, 11) is -4.16. The predicted octanol–water partition coefficient (Wildman–Crippen LogP) is 7.37. The first-order valence-corrected chi connectivity index (χ1v) is 17.3. The Morgan fingerprint density at radius 3 is 2.05 bits per heavy atom. The van der Waals surface area contributed by atoms with Crippen molar-refractivity contribution in [3.8, 4) is 0 Å². The van der Waals surface area contributed by atoms with Gasteiger partial charge in [-0.25, -0.2) is 8.42 Å². The van der Waals surface area contributed by atoms with Crippen LogP contribution in [-0.2, 0) is 26.2 Å². The van der Waals surface area contributed by atoms with E-state index in [1.807, 2.05) is 33.8 Å². The molecule has 0 saturated heterocycles. The molecular weight excluding hydrogens is 617 g/mol. The van der Waals surface area contributed by atoms with Gasteiger partial charge in [-0.2, -0.15) is 0 Å². The fourth-order valence-electron chi connectivity index (χ4n) is 5.78. The monoisotopic (exact) mass is 657 g/mol. The lowest BCUT2D eigenvalue weighted by molar-refractivity contribution is -0.140. The van der Waals surface area contributed by atoms with Gasteiger partial charge in [0.15, 0.2) is 0 Å². The SMILES string of the molecule is CC[C@@H](C(=O)NC1CCCCC1)N(Cc1c(Cl)cccc1Cl)C(=O)CN(c1cc(C)cc(C)c1)S(=O)(=O)c1ccc(C)cc1. The third-order valence-corrected chi connectivity index (χ3v) is 10.6. The molecule has 1 aliphatic carbocycles. The maximum absolute atomic E-state index is 14.4. The quantitative estimate of drug-likeness (QED) is 0.233. The number of hydrogen-bond donors (Lipinski definition) is 1. The number of sulfonamides is 1. The van der Waals surface area contributed by atoms with Gasteiger partial charge in [0.25, 0.3) is 10.0 Å². The number of carbonyl (C=O) groups is 2. The Labute approximate surface area is 271 Å². The summed E-state index contributed by atoms with van der Waals surface area (Å²) in [4.78, 5) is 29.6. The molecule has 1 atom stereocenters. The molecule has 3 aromatic rings. The Balaban J connectivity index is 1.76. The van der Waals surface area contributed by atoms with Crippen molar-refractivity contribution in [1.82, 2.24) is 10.2 Å². The predicted molar refractivity (Wildman–Crippen MR) is 178 cm³/mol. The van der Waals surface area contributed by atoms with Gasteiger partial charge < -0.3 is 10.2 Å². The maximum Gasteiger partial charge on any atom is 0.264 e. The standard InChI is InChI=1S/C34H41Cl2N3O4S/c1-5-32(34(41)37-26-10-7-6-8-11-26)38(21-29-30(35)12-9-13-31(29)36)33(40)22-39(27-19-24(3)18-25(4)20-27)44(42,43)28-16-14-23(2)15-17-28/h9,12-20,26,32H,5-8,10-11,21-22H2,1-4H3,(H,37,41)/t32-/m0/s1. The van der Waals surface area contributed by atoms with Crippen molar-refractivity contribution in [2.45, 2.75) is 89.7 Å². The molecule has 0 spiro atoms. The number of rotatable bonds is 11. The molecule has 3 aromatic carbocycles. The fraction of sp³-hybridized carbons (Fsp3) is 0.412. The summed E-state index contributed by atoms with van der Waals surface area (Å²) in [5.41, 5.74) is 3.49. The van der Waals surface area contributed by atoms with E-state index in [2.05, 4.69) is 5.32 Å². The number of amides is 2. The molecule has 1 aliphatic rings. The lowest BCUT2D eigenvalue weighted by atomic mass is 9.95. The molecule has 0 aliphatic heterocycles. The second kappa shape index (κ2) is 14.8. The number of nitrogens with zero attached hydrogens (tertiary/aromatic N) is 2. The molecule has 2 amide bonds. The van der Waals surface area contributed by atoms with Crippen molar-refractivity contribution in [2.75, 3.05) is 10.8 Å². The zero-order chi connectivity index (χ0) is 32.0. The minimum atomic E-state index is -4.16. The fourth-order valence-corrected chi connectivity index (χ4v) is 7.69. The average molecular weight is 659 g/mol. The second-order valence-electron chi connectivity index (χ2n) is 11.7. The van der Waals surface area contributed by atoms with E-state index < -0.39 is 28.5 Å². The number of hydrogen-bond acceptors (Lipinski definition) is 4. The summed E-state index contributed by atoms with van der Waals surface area (Å²) in [6.07, 6.45) is 5.33. The van der Waals surface area contributed by atoms with Crippen LogP contribution in [0.25, 0.3) is 0 Å². The molecule has 44 heavy (non-hydrogen) atoms.